The number of rotatable bonds is 6. The molecule has 0 radical (unpaired) electrons. The number of H-pyrrole nitrogens is 1. The van der Waals surface area contributed by atoms with Crippen LogP contribution in [-0.2, 0) is 6.54 Å². The van der Waals surface area contributed by atoms with E-state index in [0.717, 1.165) is 28.6 Å². The molecule has 134 valence electrons. The monoisotopic (exact) mass is 355 g/mol. The number of benzene rings is 3. The molecule has 0 aliphatic heterocycles. The van der Waals surface area contributed by atoms with Crippen LogP contribution in [-0.4, -0.2) is 10.8 Å². The van der Waals surface area contributed by atoms with Gasteiger partial charge >= 0.3 is 0 Å². The number of para-hydroxylation sites is 1. The van der Waals surface area contributed by atoms with Crippen molar-refractivity contribution in [1.82, 2.24) is 4.98 Å². The summed E-state index contributed by atoms with van der Waals surface area (Å²) in [6.07, 6.45) is 1.84. The highest BCUT2D eigenvalue weighted by atomic mass is 16.1. The maximum atomic E-state index is 13.4. The smallest absolute Gasteiger partial charge is 0.226 e. The Bertz CT molecular complexity index is 1050. The summed E-state index contributed by atoms with van der Waals surface area (Å²) in [5.74, 6) is 0.130. The van der Waals surface area contributed by atoms with Gasteiger partial charge < -0.3 is 10.3 Å². The Hall–Kier alpha value is -3.17. The number of fused-ring (bicyclic) bond motifs is 1. The SMILES string of the molecule is Cc1ccc(C[NH2+][C@H](C(=O)c2c[nH]c3ccccc23)c2ccccc2)cc1. The van der Waals surface area contributed by atoms with Crippen molar-refractivity contribution in [1.29, 1.82) is 0 Å². The summed E-state index contributed by atoms with van der Waals surface area (Å²) >= 11 is 0. The molecule has 3 nitrogen and oxygen atoms in total. The van der Waals surface area contributed by atoms with E-state index in [4.69, 9.17) is 0 Å². The Morgan fingerprint density at radius 1 is 0.926 bits per heavy atom. The molecule has 0 fully saturated rings. The van der Waals surface area contributed by atoms with Crippen LogP contribution in [0.2, 0.25) is 0 Å². The first-order chi connectivity index (χ1) is 13.2. The van der Waals surface area contributed by atoms with Crippen molar-refractivity contribution in [3.63, 3.8) is 0 Å². The Morgan fingerprint density at radius 2 is 1.63 bits per heavy atom. The summed E-state index contributed by atoms with van der Waals surface area (Å²) in [5, 5.41) is 3.11. The van der Waals surface area contributed by atoms with E-state index in [1.807, 2.05) is 60.8 Å². The van der Waals surface area contributed by atoms with Crippen molar-refractivity contribution in [2.45, 2.75) is 19.5 Å². The number of aromatic amines is 1. The van der Waals surface area contributed by atoms with Crippen LogP contribution in [0.4, 0.5) is 0 Å². The zero-order valence-electron chi connectivity index (χ0n) is 15.4. The number of carbonyl (C=O) groups is 1. The van der Waals surface area contributed by atoms with Gasteiger partial charge in [0, 0.05) is 33.8 Å². The standard InChI is InChI=1S/C24H22N2O/c1-17-11-13-18(14-12-17)15-26-23(19-7-3-2-4-8-19)24(27)21-16-25-22-10-6-5-9-20(21)22/h2-14,16,23,25-26H,15H2,1H3/p+1/t23-/m0/s1. The molecule has 1 heterocycles. The van der Waals surface area contributed by atoms with Gasteiger partial charge in [-0.25, -0.2) is 0 Å². The van der Waals surface area contributed by atoms with Gasteiger partial charge in [0.15, 0.2) is 6.04 Å². The summed E-state index contributed by atoms with van der Waals surface area (Å²) in [5.41, 5.74) is 5.23. The van der Waals surface area contributed by atoms with Crippen molar-refractivity contribution >= 4 is 16.7 Å². The van der Waals surface area contributed by atoms with Gasteiger partial charge in [0.1, 0.15) is 6.54 Å². The summed E-state index contributed by atoms with van der Waals surface area (Å²) in [6, 6.07) is 26.2. The van der Waals surface area contributed by atoms with Crippen LogP contribution in [0.1, 0.15) is 33.1 Å². The first-order valence-corrected chi connectivity index (χ1v) is 9.26. The zero-order chi connectivity index (χ0) is 18.6. The molecule has 0 amide bonds. The molecule has 1 aromatic heterocycles. The summed E-state index contributed by atoms with van der Waals surface area (Å²) in [4.78, 5) is 16.7. The molecule has 27 heavy (non-hydrogen) atoms. The maximum absolute atomic E-state index is 13.4. The van der Waals surface area contributed by atoms with E-state index in [0.29, 0.717) is 0 Å². The lowest BCUT2D eigenvalue weighted by Crippen LogP contribution is -2.85. The molecular weight excluding hydrogens is 332 g/mol. The number of Topliss-reactive ketones (excluding diaryl/α,β-unsaturated/α-hetero) is 1. The van der Waals surface area contributed by atoms with E-state index in [2.05, 4.69) is 41.5 Å². The zero-order valence-corrected chi connectivity index (χ0v) is 15.4. The number of aryl methyl sites for hydroxylation is 1. The lowest BCUT2D eigenvalue weighted by Gasteiger charge is -2.15. The highest BCUT2D eigenvalue weighted by Crippen LogP contribution is 2.23. The molecule has 0 saturated heterocycles. The molecule has 4 rings (SSSR count). The van der Waals surface area contributed by atoms with Crippen molar-refractivity contribution < 1.29 is 10.1 Å². The van der Waals surface area contributed by atoms with Crippen molar-refractivity contribution in [3.8, 4) is 0 Å². The molecule has 0 spiro atoms. The van der Waals surface area contributed by atoms with Crippen LogP contribution < -0.4 is 5.32 Å². The fraction of sp³-hybridized carbons (Fsp3) is 0.125. The second-order valence-corrected chi connectivity index (χ2v) is 6.93. The van der Waals surface area contributed by atoms with Crippen LogP contribution in [0.5, 0.6) is 0 Å². The third kappa shape index (κ3) is 3.69. The molecule has 0 aliphatic rings. The Balaban J connectivity index is 1.65. The third-order valence-corrected chi connectivity index (χ3v) is 5.01. The molecule has 3 N–H and O–H groups in total. The molecule has 0 bridgehead atoms. The van der Waals surface area contributed by atoms with Crippen molar-refractivity contribution in [3.05, 3.63) is 107 Å². The minimum absolute atomic E-state index is 0.130. The Morgan fingerprint density at radius 3 is 2.41 bits per heavy atom. The van der Waals surface area contributed by atoms with E-state index in [-0.39, 0.29) is 11.8 Å². The number of hydrogen-bond acceptors (Lipinski definition) is 1. The predicted molar refractivity (Wildman–Crippen MR) is 109 cm³/mol. The van der Waals surface area contributed by atoms with Gasteiger partial charge in [-0.3, -0.25) is 4.79 Å². The second-order valence-electron chi connectivity index (χ2n) is 6.93. The van der Waals surface area contributed by atoms with Crippen LogP contribution >= 0.6 is 0 Å². The van der Waals surface area contributed by atoms with Crippen molar-refractivity contribution in [2.24, 2.45) is 0 Å². The van der Waals surface area contributed by atoms with E-state index >= 15 is 0 Å². The van der Waals surface area contributed by atoms with Crippen LogP contribution in [0.3, 0.4) is 0 Å². The number of aromatic nitrogens is 1. The number of nitrogens with one attached hydrogen (secondary N) is 1. The fourth-order valence-corrected chi connectivity index (χ4v) is 3.48. The van der Waals surface area contributed by atoms with Gasteiger partial charge in [-0.2, -0.15) is 0 Å². The minimum atomic E-state index is -0.272. The average molecular weight is 355 g/mol. The Kier molecular flexibility index (Phi) is 4.86. The normalized spacial score (nSPS) is 12.2. The van der Waals surface area contributed by atoms with Crippen LogP contribution in [0.25, 0.3) is 10.9 Å². The van der Waals surface area contributed by atoms with Gasteiger partial charge in [0.05, 0.1) is 0 Å². The van der Waals surface area contributed by atoms with Gasteiger partial charge in [0.2, 0.25) is 5.78 Å². The largest absolute Gasteiger partial charge is 0.360 e. The number of quaternary nitrogens is 1. The van der Waals surface area contributed by atoms with Gasteiger partial charge in [-0.05, 0) is 13.0 Å². The third-order valence-electron chi connectivity index (χ3n) is 5.01. The first-order valence-electron chi connectivity index (χ1n) is 9.26. The topological polar surface area (TPSA) is 49.5 Å². The maximum Gasteiger partial charge on any atom is 0.226 e. The molecule has 0 saturated carbocycles. The summed E-state index contributed by atoms with van der Waals surface area (Å²) < 4.78 is 0. The minimum Gasteiger partial charge on any atom is -0.360 e. The van der Waals surface area contributed by atoms with Gasteiger partial charge in [-0.1, -0.05) is 78.4 Å². The number of hydrogen-bond donors (Lipinski definition) is 2. The highest BCUT2D eigenvalue weighted by Gasteiger charge is 2.27. The van der Waals surface area contributed by atoms with Gasteiger partial charge in [-0.15, -0.1) is 0 Å². The molecule has 0 aliphatic carbocycles. The average Bonchev–Trinajstić information content (AvgIpc) is 3.14. The number of carbonyl (C=O) groups excluding carboxylic acids is 1. The molecular formula is C24H23N2O+. The lowest BCUT2D eigenvalue weighted by molar-refractivity contribution is -0.696. The van der Waals surface area contributed by atoms with E-state index in [9.17, 15) is 4.79 Å². The first kappa shape index (κ1) is 17.3. The lowest BCUT2D eigenvalue weighted by atomic mass is 9.96. The fourth-order valence-electron chi connectivity index (χ4n) is 3.48. The van der Waals surface area contributed by atoms with Crippen LogP contribution in [0, 0.1) is 6.92 Å². The summed E-state index contributed by atoms with van der Waals surface area (Å²) in [6.45, 7) is 2.84. The molecule has 3 aromatic carbocycles. The quantitative estimate of drug-likeness (QED) is 0.501. The molecule has 1 atom stereocenters. The molecule has 4 aromatic rings. The van der Waals surface area contributed by atoms with E-state index in [1.165, 1.54) is 11.1 Å². The summed E-state index contributed by atoms with van der Waals surface area (Å²) in [7, 11) is 0. The number of ketones is 1. The van der Waals surface area contributed by atoms with Crippen LogP contribution in [0.15, 0.2) is 85.1 Å². The second kappa shape index (κ2) is 7.60. The highest BCUT2D eigenvalue weighted by molar-refractivity contribution is 6.09. The van der Waals surface area contributed by atoms with E-state index in [1.54, 1.807) is 0 Å². The Labute approximate surface area is 159 Å². The van der Waals surface area contributed by atoms with E-state index < -0.39 is 0 Å². The molecule has 0 unspecified atom stereocenters. The van der Waals surface area contributed by atoms with Gasteiger partial charge in [0.25, 0.3) is 0 Å². The predicted octanol–water partition coefficient (Wildman–Crippen LogP) is 4.16. The number of nitrogens with two attached hydrogens (primary N) is 1. The molecule has 3 heteroatoms. The van der Waals surface area contributed by atoms with Crippen molar-refractivity contribution in [2.75, 3.05) is 0 Å².